The number of hydrogen-bond acceptors (Lipinski definition) is 4. The van der Waals surface area contributed by atoms with Gasteiger partial charge in [0.15, 0.2) is 12.4 Å². The number of methoxy groups -OCH3 is 1. The molecular weight excluding hydrogens is 304 g/mol. The third kappa shape index (κ3) is 3.04. The fraction of sp³-hybridized carbons (Fsp3) is 0.125. The van der Waals surface area contributed by atoms with Crippen LogP contribution >= 0.6 is 11.6 Å². The Kier molecular flexibility index (Phi) is 3.98. The quantitative estimate of drug-likeness (QED) is 0.421. The van der Waals surface area contributed by atoms with Gasteiger partial charge in [0, 0.05) is 12.1 Å². The molecule has 2 aromatic heterocycles. The first-order valence-corrected chi connectivity index (χ1v) is 6.98. The van der Waals surface area contributed by atoms with E-state index < -0.39 is 0 Å². The summed E-state index contributed by atoms with van der Waals surface area (Å²) >= 11 is 5.99. The van der Waals surface area contributed by atoms with Crippen LogP contribution in [-0.4, -0.2) is 12.1 Å². The van der Waals surface area contributed by atoms with Crippen molar-refractivity contribution in [1.29, 1.82) is 0 Å². The third-order valence-electron chi connectivity index (χ3n) is 3.21. The molecule has 0 N–H and O–H groups in total. The van der Waals surface area contributed by atoms with E-state index in [1.807, 2.05) is 24.3 Å². The minimum atomic E-state index is 0.320. The topological polar surface area (TPSA) is 58.3 Å². The Morgan fingerprint density at radius 3 is 2.73 bits per heavy atom. The normalized spacial score (nSPS) is 10.6. The fourth-order valence-electron chi connectivity index (χ4n) is 2.09. The Bertz CT molecular complexity index is 806. The highest BCUT2D eigenvalue weighted by molar-refractivity contribution is 6.30. The maximum absolute atomic E-state index is 11.5. The van der Waals surface area contributed by atoms with Crippen molar-refractivity contribution < 1.29 is 14.2 Å². The summed E-state index contributed by atoms with van der Waals surface area (Å²) in [6.45, 7) is 0.354. The molecule has 0 aliphatic rings. The molecule has 0 atom stereocenters. The number of benzene rings is 1. The summed E-state index contributed by atoms with van der Waals surface area (Å²) in [5.74, 6) is 1.31. The highest BCUT2D eigenvalue weighted by Gasteiger charge is 2.10. The van der Waals surface area contributed by atoms with E-state index in [0.29, 0.717) is 33.1 Å². The number of pyridine rings is 2. The Balaban J connectivity index is 1.87. The molecule has 3 aromatic rings. The third-order valence-corrected chi connectivity index (χ3v) is 3.40. The molecule has 0 saturated carbocycles. The average molecular weight is 317 g/mol. The summed E-state index contributed by atoms with van der Waals surface area (Å²) in [6, 6.07) is 10.8. The Hall–Kier alpha value is -2.53. The van der Waals surface area contributed by atoms with Crippen molar-refractivity contribution >= 4 is 22.5 Å². The van der Waals surface area contributed by atoms with Crippen LogP contribution in [0.1, 0.15) is 5.56 Å². The standard InChI is InChI=1S/C16H13ClN2O3/c1-21-12-4-2-11(3-5-12)10-22-15-8-16(17)18-14-6-7-19(20)9-13(14)15/h2-9H,10H2,1H3. The maximum atomic E-state index is 11.5. The predicted octanol–water partition coefficient (Wildman–Crippen LogP) is 3.11. The molecule has 0 aliphatic heterocycles. The van der Waals surface area contributed by atoms with Gasteiger partial charge in [-0.15, -0.1) is 0 Å². The van der Waals surface area contributed by atoms with Gasteiger partial charge in [0.2, 0.25) is 0 Å². The lowest BCUT2D eigenvalue weighted by molar-refractivity contribution is -0.603. The number of halogens is 1. The Morgan fingerprint density at radius 2 is 2.00 bits per heavy atom. The van der Waals surface area contributed by atoms with Gasteiger partial charge < -0.3 is 14.7 Å². The Morgan fingerprint density at radius 1 is 1.23 bits per heavy atom. The summed E-state index contributed by atoms with van der Waals surface area (Å²) in [4.78, 5) is 4.17. The monoisotopic (exact) mass is 316 g/mol. The summed E-state index contributed by atoms with van der Waals surface area (Å²) in [5.41, 5.74) is 1.59. The number of ether oxygens (including phenoxy) is 2. The van der Waals surface area contributed by atoms with Crippen molar-refractivity contribution in [3.63, 3.8) is 0 Å². The van der Waals surface area contributed by atoms with Gasteiger partial charge in [-0.1, -0.05) is 23.7 Å². The van der Waals surface area contributed by atoms with Crippen molar-refractivity contribution in [2.24, 2.45) is 0 Å². The zero-order valence-corrected chi connectivity index (χ0v) is 12.6. The van der Waals surface area contributed by atoms with Crippen LogP contribution in [0, 0.1) is 5.21 Å². The van der Waals surface area contributed by atoms with Crippen LogP contribution in [0.25, 0.3) is 10.9 Å². The van der Waals surface area contributed by atoms with Gasteiger partial charge in [0.25, 0.3) is 0 Å². The first-order valence-electron chi connectivity index (χ1n) is 6.60. The van der Waals surface area contributed by atoms with Crippen LogP contribution in [0.3, 0.4) is 0 Å². The molecule has 112 valence electrons. The molecule has 6 heteroatoms. The number of nitrogens with zero attached hydrogens (tertiary/aromatic N) is 2. The minimum Gasteiger partial charge on any atom is -0.619 e. The molecule has 0 unspecified atom stereocenters. The molecule has 0 spiro atoms. The molecule has 2 heterocycles. The molecule has 5 nitrogen and oxygen atoms in total. The number of rotatable bonds is 4. The lowest BCUT2D eigenvalue weighted by atomic mass is 10.2. The minimum absolute atomic E-state index is 0.320. The molecule has 0 bridgehead atoms. The zero-order valence-electron chi connectivity index (χ0n) is 11.8. The molecule has 1 aromatic carbocycles. The summed E-state index contributed by atoms with van der Waals surface area (Å²) in [5, 5.41) is 12.4. The van der Waals surface area contributed by atoms with E-state index >= 15 is 0 Å². The number of aromatic nitrogens is 2. The van der Waals surface area contributed by atoms with E-state index in [9.17, 15) is 5.21 Å². The SMILES string of the molecule is COc1ccc(COc2cc(Cl)nc3cc[n+]([O-])cc23)cc1. The second-order valence-corrected chi connectivity index (χ2v) is 5.07. The van der Waals surface area contributed by atoms with E-state index in [4.69, 9.17) is 21.1 Å². The number of hydrogen-bond donors (Lipinski definition) is 0. The van der Waals surface area contributed by atoms with Gasteiger partial charge in [-0.3, -0.25) is 0 Å². The van der Waals surface area contributed by atoms with Crippen LogP contribution < -0.4 is 14.2 Å². The summed E-state index contributed by atoms with van der Waals surface area (Å²) < 4.78 is 11.6. The molecule has 0 fully saturated rings. The van der Waals surface area contributed by atoms with E-state index in [0.717, 1.165) is 11.3 Å². The lowest BCUT2D eigenvalue weighted by Gasteiger charge is -2.10. The van der Waals surface area contributed by atoms with Crippen LogP contribution in [0.15, 0.2) is 48.8 Å². The van der Waals surface area contributed by atoms with E-state index in [1.54, 1.807) is 19.2 Å². The largest absolute Gasteiger partial charge is 0.619 e. The first-order chi connectivity index (χ1) is 10.7. The van der Waals surface area contributed by atoms with E-state index in [-0.39, 0.29) is 0 Å². The molecule has 0 saturated heterocycles. The van der Waals surface area contributed by atoms with Gasteiger partial charge in [-0.05, 0) is 17.7 Å². The van der Waals surface area contributed by atoms with Crippen molar-refractivity contribution in [2.75, 3.05) is 7.11 Å². The van der Waals surface area contributed by atoms with Gasteiger partial charge in [0.1, 0.15) is 28.6 Å². The van der Waals surface area contributed by atoms with Crippen molar-refractivity contribution in [3.8, 4) is 11.5 Å². The number of fused-ring (bicyclic) bond motifs is 1. The molecular formula is C16H13ClN2O3. The van der Waals surface area contributed by atoms with Crippen molar-refractivity contribution in [1.82, 2.24) is 4.98 Å². The predicted molar refractivity (Wildman–Crippen MR) is 83.0 cm³/mol. The van der Waals surface area contributed by atoms with Crippen molar-refractivity contribution in [3.05, 3.63) is 64.7 Å². The van der Waals surface area contributed by atoms with Gasteiger partial charge in [-0.2, -0.15) is 4.73 Å². The van der Waals surface area contributed by atoms with Crippen LogP contribution in [0.2, 0.25) is 5.15 Å². The second kappa shape index (κ2) is 6.07. The summed E-state index contributed by atoms with van der Waals surface area (Å²) in [7, 11) is 1.62. The summed E-state index contributed by atoms with van der Waals surface area (Å²) in [6.07, 6.45) is 2.79. The Labute approximate surface area is 132 Å². The molecule has 3 rings (SSSR count). The lowest BCUT2D eigenvalue weighted by Crippen LogP contribution is -2.23. The first kappa shape index (κ1) is 14.4. The molecule has 22 heavy (non-hydrogen) atoms. The van der Waals surface area contributed by atoms with Crippen LogP contribution in [-0.2, 0) is 6.61 Å². The van der Waals surface area contributed by atoms with Gasteiger partial charge >= 0.3 is 0 Å². The molecule has 0 radical (unpaired) electrons. The molecule has 0 amide bonds. The second-order valence-electron chi connectivity index (χ2n) is 4.68. The van der Waals surface area contributed by atoms with E-state index in [2.05, 4.69) is 4.98 Å². The smallest absolute Gasteiger partial charge is 0.193 e. The van der Waals surface area contributed by atoms with Gasteiger partial charge in [0.05, 0.1) is 12.6 Å². The average Bonchev–Trinajstić information content (AvgIpc) is 2.53. The zero-order chi connectivity index (χ0) is 15.5. The molecule has 0 aliphatic carbocycles. The highest BCUT2D eigenvalue weighted by atomic mass is 35.5. The van der Waals surface area contributed by atoms with E-state index in [1.165, 1.54) is 12.4 Å². The van der Waals surface area contributed by atoms with Gasteiger partial charge in [-0.25, -0.2) is 4.98 Å². The maximum Gasteiger partial charge on any atom is 0.193 e. The van der Waals surface area contributed by atoms with Crippen molar-refractivity contribution in [2.45, 2.75) is 6.61 Å². The fourth-order valence-corrected chi connectivity index (χ4v) is 2.28. The van der Waals surface area contributed by atoms with Crippen LogP contribution in [0.4, 0.5) is 0 Å². The van der Waals surface area contributed by atoms with Crippen LogP contribution in [0.5, 0.6) is 11.5 Å². The highest BCUT2D eigenvalue weighted by Crippen LogP contribution is 2.27.